The van der Waals surface area contributed by atoms with Gasteiger partial charge < -0.3 is 9.13 Å². The molecule has 0 radical (unpaired) electrons. The lowest BCUT2D eigenvalue weighted by molar-refractivity contribution is 0.590. The Morgan fingerprint density at radius 1 is 0.339 bits per heavy atom. The van der Waals surface area contributed by atoms with E-state index < -0.39 is 0 Å². The molecule has 4 heterocycles. The normalized spacial score (nSPS) is 13.2. The van der Waals surface area contributed by atoms with Crippen LogP contribution in [-0.2, 0) is 21.7 Å². The number of fused-ring (bicyclic) bond motifs is 9. The number of aromatic nitrogens is 4. The van der Waals surface area contributed by atoms with Gasteiger partial charge in [-0.15, -0.1) is 0 Å². The number of benzene rings is 6. The maximum atomic E-state index is 4.95. The van der Waals surface area contributed by atoms with Crippen molar-refractivity contribution in [2.75, 3.05) is 0 Å². The summed E-state index contributed by atoms with van der Waals surface area (Å²) in [5.74, 6) is 0.885. The van der Waals surface area contributed by atoms with E-state index in [1.807, 2.05) is 6.20 Å². The number of pyridine rings is 1. The molecule has 0 aliphatic carbocycles. The Bertz CT molecular complexity index is 3080. The second-order valence-electron chi connectivity index (χ2n) is 21.7. The quantitative estimate of drug-likeness (QED) is 0.174. The van der Waals surface area contributed by atoms with Crippen LogP contribution >= 0.6 is 15.9 Å². The lowest BCUT2D eigenvalue weighted by Gasteiger charge is -2.19. The van der Waals surface area contributed by atoms with Crippen LogP contribution in [0.5, 0.6) is 0 Å². The fourth-order valence-electron chi connectivity index (χ4n) is 9.49. The van der Waals surface area contributed by atoms with Gasteiger partial charge in [-0.1, -0.05) is 107 Å². The van der Waals surface area contributed by atoms with Crippen LogP contribution in [0.25, 0.3) is 82.6 Å². The molecule has 0 fully saturated rings. The van der Waals surface area contributed by atoms with Gasteiger partial charge in [-0.05, 0) is 157 Å². The minimum atomic E-state index is 0.0316. The maximum absolute atomic E-state index is 4.95. The molecule has 0 saturated heterocycles. The Morgan fingerprint density at radius 2 is 0.629 bits per heavy atom. The van der Waals surface area contributed by atoms with E-state index in [0.29, 0.717) is 0 Å². The summed E-state index contributed by atoms with van der Waals surface area (Å²) in [5, 5.41) is 7.52. The SMILES string of the molecule is CC(C)(C)c1ccc2c(c1)c1cc(C(C)(C)C)ccc1n2-c1ccc2c(c1)c1cc(-n3c4ccc(C(C)(C)C)cc4c4cc(C(C)(C)C)ccc43)ccc1n2-c1ccc(Br)cn1. The van der Waals surface area contributed by atoms with Crippen LogP contribution in [0.1, 0.15) is 105 Å². The van der Waals surface area contributed by atoms with E-state index in [1.165, 1.54) is 76.6 Å². The Kier molecular flexibility index (Phi) is 8.92. The van der Waals surface area contributed by atoms with Crippen LogP contribution in [0, 0.1) is 0 Å². The lowest BCUT2D eigenvalue weighted by Crippen LogP contribution is -2.10. The van der Waals surface area contributed by atoms with Crippen molar-refractivity contribution in [1.82, 2.24) is 18.7 Å². The zero-order valence-corrected chi connectivity index (χ0v) is 39.9. The fourth-order valence-corrected chi connectivity index (χ4v) is 9.73. The van der Waals surface area contributed by atoms with Crippen molar-refractivity contribution in [3.05, 3.63) is 154 Å². The highest BCUT2D eigenvalue weighted by molar-refractivity contribution is 9.10. The molecule has 0 aliphatic rings. The largest absolute Gasteiger partial charge is 0.309 e. The van der Waals surface area contributed by atoms with E-state index in [9.17, 15) is 0 Å². The summed E-state index contributed by atoms with van der Waals surface area (Å²) < 4.78 is 8.22. The molecule has 0 amide bonds. The topological polar surface area (TPSA) is 27.7 Å². The number of hydrogen-bond acceptors (Lipinski definition) is 1. The van der Waals surface area contributed by atoms with Gasteiger partial charge in [0.2, 0.25) is 0 Å². The Morgan fingerprint density at radius 3 is 0.919 bits per heavy atom. The van der Waals surface area contributed by atoms with Gasteiger partial charge in [0.15, 0.2) is 0 Å². The van der Waals surface area contributed by atoms with Gasteiger partial charge in [-0.25, -0.2) is 4.98 Å². The third kappa shape index (κ3) is 6.49. The van der Waals surface area contributed by atoms with Gasteiger partial charge in [0.25, 0.3) is 0 Å². The molecule has 5 heteroatoms. The molecule has 0 bridgehead atoms. The maximum Gasteiger partial charge on any atom is 0.137 e. The summed E-state index contributed by atoms with van der Waals surface area (Å²) >= 11 is 3.63. The molecule has 62 heavy (non-hydrogen) atoms. The van der Waals surface area contributed by atoms with Gasteiger partial charge in [-0.3, -0.25) is 4.57 Å². The zero-order valence-electron chi connectivity index (χ0n) is 38.3. The number of rotatable bonds is 3. The van der Waals surface area contributed by atoms with Crippen LogP contribution in [-0.4, -0.2) is 18.7 Å². The van der Waals surface area contributed by atoms with Crippen LogP contribution in [0.2, 0.25) is 0 Å². The van der Waals surface area contributed by atoms with E-state index in [0.717, 1.165) is 32.7 Å². The zero-order chi connectivity index (χ0) is 43.8. The first-order valence-electron chi connectivity index (χ1n) is 22.1. The van der Waals surface area contributed by atoms with Crippen LogP contribution in [0.3, 0.4) is 0 Å². The van der Waals surface area contributed by atoms with Crippen molar-refractivity contribution < 1.29 is 0 Å². The van der Waals surface area contributed by atoms with E-state index in [1.54, 1.807) is 0 Å². The number of nitrogens with zero attached hydrogens (tertiary/aromatic N) is 4. The van der Waals surface area contributed by atoms with E-state index >= 15 is 0 Å². The van der Waals surface area contributed by atoms with Gasteiger partial charge in [-0.2, -0.15) is 0 Å². The fraction of sp³-hybridized carbons (Fsp3) is 0.281. The first-order valence-corrected chi connectivity index (χ1v) is 22.9. The average molecular weight is 878 g/mol. The smallest absolute Gasteiger partial charge is 0.137 e. The molecule has 0 atom stereocenters. The molecule has 0 aliphatic heterocycles. The molecule has 6 aromatic carbocycles. The molecule has 4 aromatic heterocycles. The number of halogens is 1. The van der Waals surface area contributed by atoms with Crippen molar-refractivity contribution in [3.63, 3.8) is 0 Å². The minimum Gasteiger partial charge on any atom is -0.309 e. The molecule has 0 spiro atoms. The highest BCUT2D eigenvalue weighted by Gasteiger charge is 2.24. The predicted octanol–water partition coefficient (Wildman–Crippen LogP) is 16.3. The monoisotopic (exact) mass is 876 g/mol. The summed E-state index contributed by atoms with van der Waals surface area (Å²) in [5.41, 5.74) is 14.9. The highest BCUT2D eigenvalue weighted by Crippen LogP contribution is 2.42. The lowest BCUT2D eigenvalue weighted by atomic mass is 9.85. The van der Waals surface area contributed by atoms with E-state index in [2.05, 4.69) is 234 Å². The van der Waals surface area contributed by atoms with Crippen molar-refractivity contribution >= 4 is 81.3 Å². The average Bonchev–Trinajstić information content (AvgIpc) is 3.83. The predicted molar refractivity (Wildman–Crippen MR) is 270 cm³/mol. The molecule has 0 N–H and O–H groups in total. The molecule has 4 nitrogen and oxygen atoms in total. The van der Waals surface area contributed by atoms with Crippen molar-refractivity contribution in [3.8, 4) is 17.2 Å². The molecule has 0 saturated carbocycles. The van der Waals surface area contributed by atoms with Gasteiger partial charge >= 0.3 is 0 Å². The first kappa shape index (κ1) is 40.4. The Hall–Kier alpha value is -5.65. The Balaban J connectivity index is 1.27. The molecule has 10 rings (SSSR count). The van der Waals surface area contributed by atoms with Gasteiger partial charge in [0.1, 0.15) is 5.82 Å². The summed E-state index contributed by atoms with van der Waals surface area (Å²) in [4.78, 5) is 4.95. The third-order valence-electron chi connectivity index (χ3n) is 13.2. The summed E-state index contributed by atoms with van der Waals surface area (Å²) in [7, 11) is 0. The summed E-state index contributed by atoms with van der Waals surface area (Å²) in [6.45, 7) is 27.6. The van der Waals surface area contributed by atoms with Crippen LogP contribution in [0.4, 0.5) is 0 Å². The highest BCUT2D eigenvalue weighted by atomic mass is 79.9. The second-order valence-corrected chi connectivity index (χ2v) is 22.6. The third-order valence-corrected chi connectivity index (χ3v) is 13.7. The number of hydrogen-bond donors (Lipinski definition) is 0. The minimum absolute atomic E-state index is 0.0316. The first-order chi connectivity index (χ1) is 29.2. The summed E-state index contributed by atoms with van der Waals surface area (Å²) in [6.07, 6.45) is 1.89. The van der Waals surface area contributed by atoms with Gasteiger partial charge in [0, 0.05) is 54.4 Å². The molecule has 10 aromatic rings. The van der Waals surface area contributed by atoms with E-state index in [-0.39, 0.29) is 21.7 Å². The molecular weight excluding hydrogens is 821 g/mol. The summed E-state index contributed by atoms with van der Waals surface area (Å²) in [6, 6.07) is 46.5. The van der Waals surface area contributed by atoms with Crippen molar-refractivity contribution in [1.29, 1.82) is 0 Å². The molecule has 0 unspecified atom stereocenters. The van der Waals surface area contributed by atoms with Crippen LogP contribution in [0.15, 0.2) is 132 Å². The van der Waals surface area contributed by atoms with Crippen molar-refractivity contribution in [2.45, 2.75) is 105 Å². The van der Waals surface area contributed by atoms with Gasteiger partial charge in [0.05, 0.1) is 33.1 Å². The second kappa shape index (κ2) is 13.7. The molecular formula is C57H57BrN4. The Labute approximate surface area is 374 Å². The van der Waals surface area contributed by atoms with Crippen LogP contribution < -0.4 is 0 Å². The standard InChI is InChI=1S/C57H57BrN4/c1-54(2,3)34-13-20-47-41(27-34)42-28-35(55(4,5)6)14-21-48(42)60(47)39-18-24-51-45(31-39)46-32-40(19-25-52(46)62(51)53-26-17-38(58)33-59-53)61-49-22-15-36(56(7,8)9)29-43(49)44-30-37(57(10,11)12)16-23-50(44)61/h13-33H,1-12H3. The van der Waals surface area contributed by atoms with E-state index in [4.69, 9.17) is 4.98 Å². The van der Waals surface area contributed by atoms with Crippen molar-refractivity contribution in [2.24, 2.45) is 0 Å². The molecule has 312 valence electrons.